The van der Waals surface area contributed by atoms with Gasteiger partial charge in [-0.05, 0) is 51.4 Å². The average molecular weight is 465 g/mol. The van der Waals surface area contributed by atoms with Gasteiger partial charge in [0.2, 0.25) is 11.8 Å². The number of carbonyl (C=O) groups excluding carboxylic acids is 5. The monoisotopic (exact) mass is 464 g/mol. The number of nitrogens with one attached hydrogen (secondary N) is 1. The van der Waals surface area contributed by atoms with Crippen LogP contribution in [0.25, 0.3) is 0 Å². The van der Waals surface area contributed by atoms with Crippen molar-refractivity contribution in [2.45, 2.75) is 64.3 Å². The third kappa shape index (κ3) is 5.47. The Hall–Kier alpha value is -2.65. The maximum Gasteiger partial charge on any atom is 0.325 e. The fourth-order valence-electron chi connectivity index (χ4n) is 5.01. The number of hydrogen-bond donors (Lipinski definition) is 1. The lowest BCUT2D eigenvalue weighted by atomic mass is 9.75. The fraction of sp³-hybridized carbons (Fsp3) is 0.783. The van der Waals surface area contributed by atoms with Gasteiger partial charge >= 0.3 is 12.0 Å². The molecular weight excluding hydrogens is 428 g/mol. The van der Waals surface area contributed by atoms with Crippen molar-refractivity contribution in [3.8, 4) is 0 Å². The van der Waals surface area contributed by atoms with Gasteiger partial charge < -0.3 is 19.9 Å². The van der Waals surface area contributed by atoms with E-state index in [9.17, 15) is 24.0 Å². The van der Waals surface area contributed by atoms with Gasteiger partial charge in [0.25, 0.3) is 5.91 Å². The van der Waals surface area contributed by atoms with Gasteiger partial charge in [0.05, 0.1) is 19.1 Å². The Bertz CT molecular complexity index is 784. The normalized spacial score (nSPS) is 25.8. The lowest BCUT2D eigenvalue weighted by Crippen LogP contribution is -2.50. The molecule has 33 heavy (non-hydrogen) atoms. The van der Waals surface area contributed by atoms with E-state index in [2.05, 4.69) is 12.2 Å². The van der Waals surface area contributed by atoms with Gasteiger partial charge in [0.15, 0.2) is 0 Å². The lowest BCUT2D eigenvalue weighted by Gasteiger charge is -2.34. The van der Waals surface area contributed by atoms with E-state index in [1.807, 2.05) is 0 Å². The van der Waals surface area contributed by atoms with Gasteiger partial charge in [-0.25, -0.2) is 4.79 Å². The van der Waals surface area contributed by atoms with E-state index in [1.54, 1.807) is 11.8 Å². The second-order valence-corrected chi connectivity index (χ2v) is 9.41. The minimum atomic E-state index is -0.888. The van der Waals surface area contributed by atoms with Crippen molar-refractivity contribution in [1.29, 1.82) is 0 Å². The predicted octanol–water partition coefficient (Wildman–Crippen LogP) is 1.14. The Morgan fingerprint density at radius 2 is 1.73 bits per heavy atom. The van der Waals surface area contributed by atoms with E-state index in [4.69, 9.17) is 4.74 Å². The largest absolute Gasteiger partial charge is 0.466 e. The third-order valence-corrected chi connectivity index (χ3v) is 7.34. The maximum atomic E-state index is 13.0. The number of hydrogen-bond acceptors (Lipinski definition) is 6. The molecule has 1 saturated carbocycles. The number of rotatable bonds is 7. The molecule has 0 atom stereocenters. The van der Waals surface area contributed by atoms with Crippen molar-refractivity contribution in [3.05, 3.63) is 0 Å². The Morgan fingerprint density at radius 1 is 1.09 bits per heavy atom. The Balaban J connectivity index is 1.48. The van der Waals surface area contributed by atoms with Crippen molar-refractivity contribution in [3.63, 3.8) is 0 Å². The van der Waals surface area contributed by atoms with Gasteiger partial charge in [-0.15, -0.1) is 0 Å². The molecule has 184 valence electrons. The quantitative estimate of drug-likeness (QED) is 0.446. The molecule has 3 fully saturated rings. The second-order valence-electron chi connectivity index (χ2n) is 9.41. The Labute approximate surface area is 195 Å². The van der Waals surface area contributed by atoms with Crippen LogP contribution in [0.15, 0.2) is 0 Å². The first-order valence-electron chi connectivity index (χ1n) is 12.0. The second kappa shape index (κ2) is 10.5. The van der Waals surface area contributed by atoms with Crippen LogP contribution < -0.4 is 5.32 Å². The molecule has 0 aromatic heterocycles. The summed E-state index contributed by atoms with van der Waals surface area (Å²) in [4.78, 5) is 66.6. The molecule has 3 rings (SSSR count). The number of carbonyl (C=O) groups is 5. The molecule has 0 unspecified atom stereocenters. The molecular formula is C23H36N4O6. The highest BCUT2D eigenvalue weighted by atomic mass is 16.5. The smallest absolute Gasteiger partial charge is 0.325 e. The summed E-state index contributed by atoms with van der Waals surface area (Å²) >= 11 is 0. The predicted molar refractivity (Wildman–Crippen MR) is 119 cm³/mol. The molecule has 0 aromatic rings. The van der Waals surface area contributed by atoms with Crippen molar-refractivity contribution in [2.75, 3.05) is 39.8 Å². The molecule has 0 bridgehead atoms. The van der Waals surface area contributed by atoms with Crippen molar-refractivity contribution >= 4 is 29.7 Å². The van der Waals surface area contributed by atoms with Crippen LogP contribution in [0.1, 0.15) is 58.8 Å². The summed E-state index contributed by atoms with van der Waals surface area (Å²) < 4.78 is 5.05. The summed E-state index contributed by atoms with van der Waals surface area (Å²) in [5.41, 5.74) is -0.888. The van der Waals surface area contributed by atoms with Crippen LogP contribution in [-0.2, 0) is 23.9 Å². The van der Waals surface area contributed by atoms with Crippen LogP contribution in [0.3, 0.4) is 0 Å². The number of likely N-dealkylation sites (N-methyl/N-ethyl adjacent to an activating group) is 1. The molecule has 0 aromatic carbocycles. The highest BCUT2D eigenvalue weighted by Crippen LogP contribution is 2.37. The van der Waals surface area contributed by atoms with Crippen LogP contribution >= 0.6 is 0 Å². The molecule has 3 aliphatic rings. The van der Waals surface area contributed by atoms with Crippen LogP contribution in [0.4, 0.5) is 4.79 Å². The first-order chi connectivity index (χ1) is 15.7. The summed E-state index contributed by atoms with van der Waals surface area (Å²) in [5.74, 6) is -0.891. The topological polar surface area (TPSA) is 116 Å². The van der Waals surface area contributed by atoms with Crippen LogP contribution in [0, 0.1) is 11.8 Å². The highest BCUT2D eigenvalue weighted by Gasteiger charge is 2.52. The van der Waals surface area contributed by atoms with E-state index in [0.29, 0.717) is 51.3 Å². The molecule has 1 aliphatic carbocycles. The van der Waals surface area contributed by atoms with Crippen LogP contribution in [0.5, 0.6) is 0 Å². The number of likely N-dealkylation sites (tertiary alicyclic amines) is 1. The summed E-state index contributed by atoms with van der Waals surface area (Å²) in [6.45, 7) is 4.57. The van der Waals surface area contributed by atoms with Crippen molar-refractivity contribution in [1.82, 2.24) is 20.0 Å². The number of amides is 5. The zero-order valence-electron chi connectivity index (χ0n) is 19.9. The average Bonchev–Trinajstić information content (AvgIpc) is 3.03. The number of imide groups is 1. The Morgan fingerprint density at radius 3 is 2.30 bits per heavy atom. The molecule has 0 radical (unpaired) electrons. The Kier molecular flexibility index (Phi) is 7.97. The molecule has 10 heteroatoms. The summed E-state index contributed by atoms with van der Waals surface area (Å²) in [5, 5.41) is 2.83. The molecule has 2 heterocycles. The summed E-state index contributed by atoms with van der Waals surface area (Å²) in [6, 6.07) is -0.538. The molecule has 5 amide bonds. The lowest BCUT2D eigenvalue weighted by molar-refractivity contribution is -0.151. The van der Waals surface area contributed by atoms with Gasteiger partial charge in [-0.3, -0.25) is 24.1 Å². The summed E-state index contributed by atoms with van der Waals surface area (Å²) in [7, 11) is 1.49. The maximum absolute atomic E-state index is 13.0. The van der Waals surface area contributed by atoms with E-state index in [0.717, 1.165) is 24.2 Å². The zero-order valence-corrected chi connectivity index (χ0v) is 19.9. The number of ether oxygens (including phenoxy) is 1. The van der Waals surface area contributed by atoms with Gasteiger partial charge in [-0.1, -0.05) is 13.3 Å². The SMILES string of the molecule is CCOC(=O)C1CCN(C(=O)CN(C)C(=O)CN2C(=O)NC3(CCC(CC)CC3)C2=O)CC1. The summed E-state index contributed by atoms with van der Waals surface area (Å²) in [6.07, 6.45) is 5.07. The highest BCUT2D eigenvalue weighted by molar-refractivity contribution is 6.09. The third-order valence-electron chi connectivity index (χ3n) is 7.34. The van der Waals surface area contributed by atoms with E-state index in [-0.39, 0.29) is 36.8 Å². The molecule has 2 aliphatic heterocycles. The van der Waals surface area contributed by atoms with Crippen molar-refractivity contribution in [2.24, 2.45) is 11.8 Å². The number of urea groups is 1. The van der Waals surface area contributed by atoms with Crippen LogP contribution in [0.2, 0.25) is 0 Å². The van der Waals surface area contributed by atoms with Crippen molar-refractivity contribution < 1.29 is 28.7 Å². The van der Waals surface area contributed by atoms with E-state index in [1.165, 1.54) is 11.9 Å². The molecule has 1 spiro atoms. The molecule has 1 N–H and O–H groups in total. The molecule has 2 saturated heterocycles. The van der Waals surface area contributed by atoms with Gasteiger partial charge in [0.1, 0.15) is 12.1 Å². The first kappa shape index (κ1) is 25.0. The minimum Gasteiger partial charge on any atom is -0.466 e. The minimum absolute atomic E-state index is 0.143. The first-order valence-corrected chi connectivity index (χ1v) is 12.0. The number of nitrogens with zero attached hydrogens (tertiary/aromatic N) is 3. The van der Waals surface area contributed by atoms with Gasteiger partial charge in [-0.2, -0.15) is 0 Å². The molecule has 10 nitrogen and oxygen atoms in total. The zero-order chi connectivity index (χ0) is 24.2. The van der Waals surface area contributed by atoms with Crippen LogP contribution in [-0.4, -0.2) is 89.8 Å². The van der Waals surface area contributed by atoms with Gasteiger partial charge in [0, 0.05) is 20.1 Å². The number of piperidine rings is 1. The standard InChI is InChI=1S/C23H36N4O6/c1-4-16-6-10-23(11-7-16)21(31)27(22(32)24-23)15-18(28)25(3)14-19(29)26-12-8-17(9-13-26)20(30)33-5-2/h16-17H,4-15H2,1-3H3,(H,24,32). The number of esters is 1. The van der Waals surface area contributed by atoms with E-state index < -0.39 is 17.5 Å². The van der Waals surface area contributed by atoms with E-state index >= 15 is 0 Å². The fourth-order valence-corrected chi connectivity index (χ4v) is 5.01.